The second-order valence-electron chi connectivity index (χ2n) is 20.4. The zero-order valence-corrected chi connectivity index (χ0v) is 42.2. The van der Waals surface area contributed by atoms with Gasteiger partial charge in [-0.1, -0.05) is 149 Å². The van der Waals surface area contributed by atoms with Crippen molar-refractivity contribution >= 4 is 106 Å². The number of nitrogens with zero attached hydrogens (tertiary/aromatic N) is 2. The van der Waals surface area contributed by atoms with Crippen LogP contribution in [0.25, 0.3) is 71.5 Å². The third kappa shape index (κ3) is 7.16. The Bertz CT molecular complexity index is 3910. The number of aryl methyl sites for hydroxylation is 5. The summed E-state index contributed by atoms with van der Waals surface area (Å²) < 4.78 is 14.4. The van der Waals surface area contributed by atoms with Crippen molar-refractivity contribution in [1.82, 2.24) is 0 Å². The van der Waals surface area contributed by atoms with Crippen molar-refractivity contribution in [3.63, 3.8) is 0 Å². The van der Waals surface area contributed by atoms with E-state index in [1.165, 1.54) is 86.2 Å². The minimum atomic E-state index is 0.421. The molecule has 0 bridgehead atoms. The van der Waals surface area contributed by atoms with Crippen molar-refractivity contribution < 1.29 is 8.83 Å². The highest BCUT2D eigenvalue weighted by Gasteiger charge is 2.29. The van der Waals surface area contributed by atoms with E-state index in [1.807, 2.05) is 6.08 Å². The molecule has 0 N–H and O–H groups in total. The van der Waals surface area contributed by atoms with E-state index in [9.17, 15) is 0 Å². The first-order chi connectivity index (χ1) is 34.7. The van der Waals surface area contributed by atoms with Crippen LogP contribution in [0.2, 0.25) is 0 Å². The molecule has 0 spiro atoms. The van der Waals surface area contributed by atoms with Gasteiger partial charge in [0, 0.05) is 44.0 Å². The standard InChI is InChI=1S/C67H62N2O2/c1-9-45(10-2)49-20-14-22-51-53-24-16-26-58(66(53)70-64(49)51)68(60-38-40(4)28-30-42(60)6)56-36-34-48-32-35-55-57(37-33-46(11-3)63(55)62(48)44(56)8)69(61-39-41(5)29-31-43(61)7)59-27-17-25-54-52-23-15-21-50(47-18-12-13-19-47)65(52)71-67(54)59/h11,14-17,20-39,45,47H,3,9-10,12-13,18-19H2,1-2,4-8H3. The lowest BCUT2D eigenvalue weighted by Crippen LogP contribution is -2.14. The molecule has 1 aliphatic carbocycles. The van der Waals surface area contributed by atoms with Crippen molar-refractivity contribution in [2.24, 2.45) is 0 Å². The van der Waals surface area contributed by atoms with E-state index in [-0.39, 0.29) is 0 Å². The SMILES string of the molecule is C=Cc1ccc(N(c2cc(C)ccc2C)c2cccc3c2oc2c(C4CCCC4)cccc23)c2ccc3ccc(N(c4cc(C)ccc4C)c4cccc5c4oc4c(C(CC)CC)cccc45)c(C)c3c12. The number of benzene rings is 9. The van der Waals surface area contributed by atoms with E-state index in [2.05, 4.69) is 210 Å². The summed E-state index contributed by atoms with van der Waals surface area (Å²) >= 11 is 0. The van der Waals surface area contributed by atoms with Crippen LogP contribution in [-0.4, -0.2) is 0 Å². The van der Waals surface area contributed by atoms with Gasteiger partial charge in [-0.3, -0.25) is 0 Å². The molecule has 0 amide bonds. The molecule has 1 saturated carbocycles. The van der Waals surface area contributed by atoms with Crippen LogP contribution >= 0.6 is 0 Å². The molecule has 0 unspecified atom stereocenters. The molecule has 352 valence electrons. The van der Waals surface area contributed by atoms with E-state index in [1.54, 1.807) is 0 Å². The third-order valence-corrected chi connectivity index (χ3v) is 16.1. The van der Waals surface area contributed by atoms with E-state index < -0.39 is 0 Å². The van der Waals surface area contributed by atoms with Gasteiger partial charge in [-0.2, -0.15) is 0 Å². The predicted molar refractivity (Wildman–Crippen MR) is 304 cm³/mol. The minimum absolute atomic E-state index is 0.421. The highest BCUT2D eigenvalue weighted by molar-refractivity contribution is 6.20. The topological polar surface area (TPSA) is 32.8 Å². The van der Waals surface area contributed by atoms with Crippen LogP contribution in [0, 0.1) is 34.6 Å². The fourth-order valence-electron chi connectivity index (χ4n) is 12.4. The van der Waals surface area contributed by atoms with Gasteiger partial charge in [0.1, 0.15) is 11.2 Å². The molecule has 0 aliphatic heterocycles. The largest absolute Gasteiger partial charge is 0.454 e. The number of hydrogen-bond donors (Lipinski definition) is 0. The molecule has 12 rings (SSSR count). The maximum Gasteiger partial charge on any atom is 0.159 e. The molecule has 2 aromatic heterocycles. The highest BCUT2D eigenvalue weighted by Crippen LogP contribution is 2.51. The summed E-state index contributed by atoms with van der Waals surface area (Å²) in [6, 6.07) is 54.2. The number of rotatable bonds is 11. The number of fused-ring (bicyclic) bond motifs is 9. The molecule has 1 aliphatic rings. The minimum Gasteiger partial charge on any atom is -0.454 e. The van der Waals surface area contributed by atoms with E-state index >= 15 is 0 Å². The monoisotopic (exact) mass is 926 g/mol. The van der Waals surface area contributed by atoms with Gasteiger partial charge in [0.25, 0.3) is 0 Å². The first-order valence-electron chi connectivity index (χ1n) is 25.9. The zero-order chi connectivity index (χ0) is 48.7. The van der Waals surface area contributed by atoms with Gasteiger partial charge < -0.3 is 18.6 Å². The van der Waals surface area contributed by atoms with Crippen molar-refractivity contribution in [3.05, 3.63) is 197 Å². The first kappa shape index (κ1) is 44.6. The Hall–Kier alpha value is -7.56. The lowest BCUT2D eigenvalue weighted by Gasteiger charge is -2.31. The van der Waals surface area contributed by atoms with Crippen LogP contribution in [0.3, 0.4) is 0 Å². The van der Waals surface area contributed by atoms with Crippen molar-refractivity contribution in [1.29, 1.82) is 0 Å². The number of para-hydroxylation sites is 4. The predicted octanol–water partition coefficient (Wildman–Crippen LogP) is 20.5. The maximum absolute atomic E-state index is 7.22. The summed E-state index contributed by atoms with van der Waals surface area (Å²) in [5.74, 6) is 0.948. The van der Waals surface area contributed by atoms with Gasteiger partial charge >= 0.3 is 0 Å². The summed E-state index contributed by atoms with van der Waals surface area (Å²) in [4.78, 5) is 4.92. The Kier molecular flexibility index (Phi) is 11.1. The molecule has 4 nitrogen and oxygen atoms in total. The molecule has 9 aromatic carbocycles. The first-order valence-corrected chi connectivity index (χ1v) is 25.9. The molecule has 0 radical (unpaired) electrons. The summed E-state index contributed by atoms with van der Waals surface area (Å²) in [6.45, 7) is 20.1. The molecular formula is C67H62N2O2. The molecule has 4 heteroatoms. The smallest absolute Gasteiger partial charge is 0.159 e. The van der Waals surface area contributed by atoms with Crippen molar-refractivity contribution in [2.45, 2.75) is 98.8 Å². The Labute approximate surface area is 417 Å². The quantitative estimate of drug-likeness (QED) is 0.121. The number of anilines is 6. The molecular weight excluding hydrogens is 865 g/mol. The van der Waals surface area contributed by atoms with Gasteiger partial charge in [-0.25, -0.2) is 0 Å². The van der Waals surface area contributed by atoms with E-state index in [0.29, 0.717) is 11.8 Å². The highest BCUT2D eigenvalue weighted by atomic mass is 16.3. The van der Waals surface area contributed by atoms with Gasteiger partial charge in [0.05, 0.1) is 17.1 Å². The second-order valence-corrected chi connectivity index (χ2v) is 20.4. The third-order valence-electron chi connectivity index (χ3n) is 16.1. The fraction of sp³-hybridized carbons (Fsp3) is 0.224. The van der Waals surface area contributed by atoms with Gasteiger partial charge in [-0.15, -0.1) is 0 Å². The van der Waals surface area contributed by atoms with Gasteiger partial charge in [0.2, 0.25) is 0 Å². The summed E-state index contributed by atoms with van der Waals surface area (Å²) in [6.07, 6.45) is 9.13. The molecule has 1 fully saturated rings. The average Bonchev–Trinajstić information content (AvgIpc) is 4.16. The Morgan fingerprint density at radius 1 is 0.507 bits per heavy atom. The fourth-order valence-corrected chi connectivity index (χ4v) is 12.4. The Balaban J connectivity index is 1.13. The van der Waals surface area contributed by atoms with Gasteiger partial charge in [0.15, 0.2) is 11.2 Å². The van der Waals surface area contributed by atoms with Crippen molar-refractivity contribution in [3.8, 4) is 0 Å². The second kappa shape index (κ2) is 17.7. The van der Waals surface area contributed by atoms with Crippen LogP contribution in [0.4, 0.5) is 34.1 Å². The van der Waals surface area contributed by atoms with Crippen LogP contribution in [0.1, 0.15) is 109 Å². The summed E-state index contributed by atoms with van der Waals surface area (Å²) in [5.41, 5.74) is 20.0. The zero-order valence-electron chi connectivity index (χ0n) is 42.2. The maximum atomic E-state index is 7.22. The Morgan fingerprint density at radius 2 is 1.04 bits per heavy atom. The van der Waals surface area contributed by atoms with E-state index in [0.717, 1.165) is 96.4 Å². The van der Waals surface area contributed by atoms with Crippen molar-refractivity contribution in [2.75, 3.05) is 9.80 Å². The van der Waals surface area contributed by atoms with Crippen LogP contribution in [0.15, 0.2) is 161 Å². The molecule has 71 heavy (non-hydrogen) atoms. The molecule has 11 aromatic rings. The lowest BCUT2D eigenvalue weighted by molar-refractivity contribution is 0.613. The lowest BCUT2D eigenvalue weighted by atomic mass is 9.91. The number of furan rings is 2. The number of hydrogen-bond acceptors (Lipinski definition) is 4. The van der Waals surface area contributed by atoms with E-state index in [4.69, 9.17) is 8.83 Å². The van der Waals surface area contributed by atoms with Crippen LogP contribution in [-0.2, 0) is 0 Å². The molecule has 0 saturated heterocycles. The Morgan fingerprint density at radius 3 is 1.66 bits per heavy atom. The molecule has 2 heterocycles. The van der Waals surface area contributed by atoms with Crippen LogP contribution < -0.4 is 9.80 Å². The van der Waals surface area contributed by atoms with Gasteiger partial charge in [-0.05, 0) is 169 Å². The average molecular weight is 927 g/mol. The normalized spacial score (nSPS) is 13.3. The summed E-state index contributed by atoms with van der Waals surface area (Å²) in [7, 11) is 0. The summed E-state index contributed by atoms with van der Waals surface area (Å²) in [5, 5.41) is 9.30. The van der Waals surface area contributed by atoms with Crippen LogP contribution in [0.5, 0.6) is 0 Å². The molecule has 0 atom stereocenters.